The van der Waals surface area contributed by atoms with Crippen molar-refractivity contribution in [1.29, 1.82) is 0 Å². The third-order valence-electron chi connectivity index (χ3n) is 1.94. The normalized spacial score (nSPS) is 9.80. The smallest absolute Gasteiger partial charge is 0.339 e. The van der Waals surface area contributed by atoms with Crippen LogP contribution in [0.15, 0.2) is 16.7 Å². The number of terminal acetylenes is 1. The quantitative estimate of drug-likeness (QED) is 0.548. The van der Waals surface area contributed by atoms with Gasteiger partial charge in [-0.2, -0.15) is 0 Å². The maximum atomic E-state index is 10.7. The van der Waals surface area contributed by atoms with Crippen molar-refractivity contribution in [3.05, 3.63) is 23.7 Å². The average Bonchev–Trinajstić information content (AvgIpc) is 2.66. The van der Waals surface area contributed by atoms with E-state index in [9.17, 15) is 4.79 Å². The highest BCUT2D eigenvalue weighted by Gasteiger charge is 2.11. The summed E-state index contributed by atoms with van der Waals surface area (Å²) in [6.45, 7) is 1.17. The van der Waals surface area contributed by atoms with E-state index < -0.39 is 5.97 Å². The summed E-state index contributed by atoms with van der Waals surface area (Å²) in [5.41, 5.74) is 0.208. The number of nitrogens with one attached hydrogen (secondary N) is 1. The molecule has 0 aliphatic heterocycles. The van der Waals surface area contributed by atoms with E-state index >= 15 is 0 Å². The molecule has 0 atom stereocenters. The van der Waals surface area contributed by atoms with Crippen LogP contribution in [0.5, 0.6) is 0 Å². The first-order valence-corrected chi connectivity index (χ1v) is 4.69. The van der Waals surface area contributed by atoms with Crippen LogP contribution in [0.4, 0.5) is 0 Å². The van der Waals surface area contributed by atoms with Crippen molar-refractivity contribution >= 4 is 5.97 Å². The van der Waals surface area contributed by atoms with Gasteiger partial charge in [-0.15, -0.1) is 12.3 Å². The lowest BCUT2D eigenvalue weighted by Crippen LogP contribution is -2.15. The second-order valence-corrected chi connectivity index (χ2v) is 3.05. The Hall–Kier alpha value is -1.73. The SMILES string of the molecule is C#CCCCNCc1occc1C(=O)O. The zero-order valence-corrected chi connectivity index (χ0v) is 8.32. The van der Waals surface area contributed by atoms with Gasteiger partial charge in [0.2, 0.25) is 0 Å². The summed E-state index contributed by atoms with van der Waals surface area (Å²) in [4.78, 5) is 10.7. The van der Waals surface area contributed by atoms with Gasteiger partial charge >= 0.3 is 5.97 Å². The molecule has 4 nitrogen and oxygen atoms in total. The first-order valence-electron chi connectivity index (χ1n) is 4.69. The summed E-state index contributed by atoms with van der Waals surface area (Å²) >= 11 is 0. The molecule has 1 rings (SSSR count). The van der Waals surface area contributed by atoms with Crippen molar-refractivity contribution in [3.8, 4) is 12.3 Å². The van der Waals surface area contributed by atoms with Gasteiger partial charge in [0.05, 0.1) is 12.8 Å². The van der Waals surface area contributed by atoms with Crippen LogP contribution in [0.1, 0.15) is 29.0 Å². The second kappa shape index (κ2) is 5.89. The summed E-state index contributed by atoms with van der Waals surface area (Å²) < 4.78 is 5.05. The standard InChI is InChI=1S/C11H13NO3/c1-2-3-4-6-12-8-10-9(11(13)14)5-7-15-10/h1,5,7,12H,3-4,6,8H2,(H,13,14). The highest BCUT2D eigenvalue weighted by molar-refractivity contribution is 5.88. The Morgan fingerprint density at radius 3 is 3.13 bits per heavy atom. The molecular weight excluding hydrogens is 194 g/mol. The van der Waals surface area contributed by atoms with Gasteiger partial charge in [-0.3, -0.25) is 0 Å². The van der Waals surface area contributed by atoms with Crippen LogP contribution >= 0.6 is 0 Å². The summed E-state index contributed by atoms with van der Waals surface area (Å²) in [5.74, 6) is 2.01. The molecule has 0 aliphatic rings. The van der Waals surface area contributed by atoms with E-state index in [-0.39, 0.29) is 5.56 Å². The molecule has 0 bridgehead atoms. The Labute approximate surface area is 88.3 Å². The van der Waals surface area contributed by atoms with E-state index in [4.69, 9.17) is 15.9 Å². The molecule has 1 aromatic rings. The summed E-state index contributed by atoms with van der Waals surface area (Å²) in [6.07, 6.45) is 8.07. The third kappa shape index (κ3) is 3.49. The predicted molar refractivity (Wildman–Crippen MR) is 55.4 cm³/mol. The molecule has 1 aromatic heterocycles. The van der Waals surface area contributed by atoms with E-state index in [1.54, 1.807) is 0 Å². The molecule has 0 radical (unpaired) electrons. The van der Waals surface area contributed by atoms with Crippen molar-refractivity contribution in [1.82, 2.24) is 5.32 Å². The zero-order chi connectivity index (χ0) is 11.1. The van der Waals surface area contributed by atoms with Gasteiger partial charge in [0.1, 0.15) is 11.3 Å². The number of carbonyl (C=O) groups is 1. The first-order chi connectivity index (χ1) is 7.25. The van der Waals surface area contributed by atoms with Crippen LogP contribution in [0.25, 0.3) is 0 Å². The van der Waals surface area contributed by atoms with E-state index in [2.05, 4.69) is 11.2 Å². The lowest BCUT2D eigenvalue weighted by molar-refractivity contribution is 0.0694. The van der Waals surface area contributed by atoms with Crippen LogP contribution < -0.4 is 5.32 Å². The largest absolute Gasteiger partial charge is 0.478 e. The van der Waals surface area contributed by atoms with Gasteiger partial charge in [-0.25, -0.2) is 4.79 Å². The van der Waals surface area contributed by atoms with Crippen LogP contribution in [-0.4, -0.2) is 17.6 Å². The van der Waals surface area contributed by atoms with E-state index in [1.807, 2.05) is 0 Å². The van der Waals surface area contributed by atoms with Gasteiger partial charge in [0.15, 0.2) is 0 Å². The number of aromatic carboxylic acids is 1. The molecule has 0 fully saturated rings. The molecule has 0 unspecified atom stereocenters. The lowest BCUT2D eigenvalue weighted by Gasteiger charge is -2.01. The number of hydrogen-bond donors (Lipinski definition) is 2. The zero-order valence-electron chi connectivity index (χ0n) is 8.32. The number of carboxylic acids is 1. The Kier molecular flexibility index (Phi) is 4.45. The lowest BCUT2D eigenvalue weighted by atomic mass is 10.2. The maximum Gasteiger partial charge on any atom is 0.339 e. The van der Waals surface area contributed by atoms with Gasteiger partial charge in [-0.1, -0.05) is 0 Å². The minimum absolute atomic E-state index is 0.208. The Balaban J connectivity index is 2.35. The number of carboxylic acid groups (broad SMARTS) is 1. The third-order valence-corrected chi connectivity index (χ3v) is 1.94. The molecule has 4 heteroatoms. The first kappa shape index (κ1) is 11.3. The van der Waals surface area contributed by atoms with Crippen molar-refractivity contribution < 1.29 is 14.3 Å². The van der Waals surface area contributed by atoms with Crippen molar-refractivity contribution in [2.75, 3.05) is 6.54 Å². The molecule has 80 valence electrons. The molecule has 0 aliphatic carbocycles. The number of hydrogen-bond acceptors (Lipinski definition) is 3. The van der Waals surface area contributed by atoms with Crippen LogP contribution in [-0.2, 0) is 6.54 Å². The Bertz CT molecular complexity index is 362. The second-order valence-electron chi connectivity index (χ2n) is 3.05. The molecule has 0 aromatic carbocycles. The number of unbranched alkanes of at least 4 members (excludes halogenated alkanes) is 1. The Morgan fingerprint density at radius 2 is 2.47 bits per heavy atom. The van der Waals surface area contributed by atoms with E-state index in [1.165, 1.54) is 12.3 Å². The summed E-state index contributed by atoms with van der Waals surface area (Å²) in [7, 11) is 0. The van der Waals surface area contributed by atoms with Gasteiger partial charge in [-0.05, 0) is 19.0 Å². The van der Waals surface area contributed by atoms with Crippen LogP contribution in [0.2, 0.25) is 0 Å². The Morgan fingerprint density at radius 1 is 1.67 bits per heavy atom. The van der Waals surface area contributed by atoms with Crippen molar-refractivity contribution in [2.45, 2.75) is 19.4 Å². The fraction of sp³-hybridized carbons (Fsp3) is 0.364. The molecule has 0 saturated carbocycles. The maximum absolute atomic E-state index is 10.7. The minimum atomic E-state index is -0.968. The van der Waals surface area contributed by atoms with E-state index in [0.717, 1.165) is 19.4 Å². The van der Waals surface area contributed by atoms with Gasteiger partial charge in [0, 0.05) is 6.42 Å². The highest BCUT2D eigenvalue weighted by atomic mass is 16.4. The fourth-order valence-electron chi connectivity index (χ4n) is 1.19. The van der Waals surface area contributed by atoms with Crippen LogP contribution in [0, 0.1) is 12.3 Å². The minimum Gasteiger partial charge on any atom is -0.478 e. The average molecular weight is 207 g/mol. The van der Waals surface area contributed by atoms with Crippen molar-refractivity contribution in [2.24, 2.45) is 0 Å². The number of rotatable bonds is 6. The molecule has 15 heavy (non-hydrogen) atoms. The van der Waals surface area contributed by atoms with Crippen LogP contribution in [0.3, 0.4) is 0 Å². The highest BCUT2D eigenvalue weighted by Crippen LogP contribution is 2.09. The molecule has 2 N–H and O–H groups in total. The summed E-state index contributed by atoms with van der Waals surface area (Å²) in [6, 6.07) is 1.45. The number of furan rings is 1. The monoisotopic (exact) mass is 207 g/mol. The molecule has 1 heterocycles. The molecular formula is C11H13NO3. The predicted octanol–water partition coefficient (Wildman–Crippen LogP) is 1.48. The molecule has 0 spiro atoms. The topological polar surface area (TPSA) is 62.5 Å². The van der Waals surface area contributed by atoms with E-state index in [0.29, 0.717) is 12.3 Å². The van der Waals surface area contributed by atoms with Gasteiger partial charge in [0.25, 0.3) is 0 Å². The fourth-order valence-corrected chi connectivity index (χ4v) is 1.19. The molecule has 0 saturated heterocycles. The molecule has 0 amide bonds. The van der Waals surface area contributed by atoms with Crippen molar-refractivity contribution in [3.63, 3.8) is 0 Å². The van der Waals surface area contributed by atoms with Gasteiger partial charge < -0.3 is 14.8 Å². The summed E-state index contributed by atoms with van der Waals surface area (Å²) in [5, 5.41) is 11.8.